The van der Waals surface area contributed by atoms with Crippen LogP contribution in [0.4, 0.5) is 5.69 Å². The van der Waals surface area contributed by atoms with Crippen LogP contribution in [-0.4, -0.2) is 51.0 Å². The fourth-order valence-corrected chi connectivity index (χ4v) is 7.88. The topological polar surface area (TPSA) is 41.9 Å². The van der Waals surface area contributed by atoms with Gasteiger partial charge in [0.05, 0.1) is 0 Å². The zero-order valence-electron chi connectivity index (χ0n) is 17.4. The minimum atomic E-state index is -1.92. The van der Waals surface area contributed by atoms with Gasteiger partial charge in [-0.1, -0.05) is 0 Å². The molecule has 0 aromatic heterocycles. The summed E-state index contributed by atoms with van der Waals surface area (Å²) in [6.45, 7) is 13.3. The first-order valence-electron chi connectivity index (χ1n) is 9.67. The van der Waals surface area contributed by atoms with E-state index in [9.17, 15) is 4.79 Å². The van der Waals surface area contributed by atoms with E-state index in [1.54, 1.807) is 0 Å². The number of para-hydroxylation sites is 1. The molecule has 0 unspecified atom stereocenters. The number of nitrogens with zero attached hydrogens (tertiary/aromatic N) is 2. The van der Waals surface area contributed by atoms with Crippen molar-refractivity contribution in [1.82, 2.24) is 4.90 Å². The van der Waals surface area contributed by atoms with E-state index in [0.717, 1.165) is 16.8 Å². The molecule has 2 aliphatic rings. The summed E-state index contributed by atoms with van der Waals surface area (Å²) in [5, 5.41) is 0.136. The van der Waals surface area contributed by atoms with Crippen molar-refractivity contribution in [2.75, 3.05) is 0 Å². The first kappa shape index (κ1) is 22.2. The monoisotopic (exact) mass is 576 g/mol. The van der Waals surface area contributed by atoms with Crippen molar-refractivity contribution >= 4 is 62.2 Å². The second-order valence-electron chi connectivity index (χ2n) is 9.00. The Hall–Kier alpha value is -0.474. The quantitative estimate of drug-likeness (QED) is 0.278. The summed E-state index contributed by atoms with van der Waals surface area (Å²) >= 11 is 2.42. The Kier molecular flexibility index (Phi) is 6.62. The molecule has 2 heterocycles. The van der Waals surface area contributed by atoms with E-state index in [1.807, 2.05) is 35.2 Å². The van der Waals surface area contributed by atoms with E-state index in [0.29, 0.717) is 0 Å². The molecule has 152 valence electrons. The van der Waals surface area contributed by atoms with Gasteiger partial charge in [0, 0.05) is 0 Å². The average Bonchev–Trinajstić information content (AvgIpc) is 2.60. The van der Waals surface area contributed by atoms with Gasteiger partial charge in [0.2, 0.25) is 0 Å². The Bertz CT molecular complexity index is 804. The van der Waals surface area contributed by atoms with Gasteiger partial charge in [0.1, 0.15) is 0 Å². The molecule has 0 spiro atoms. The molecule has 4 nitrogen and oxygen atoms in total. The Morgan fingerprint density at radius 2 is 1.96 bits per heavy atom. The summed E-state index contributed by atoms with van der Waals surface area (Å²) in [6, 6.07) is 10.1. The molecule has 0 saturated carbocycles. The Morgan fingerprint density at radius 3 is 2.54 bits per heavy atom. The molecule has 1 amide bonds. The van der Waals surface area contributed by atoms with Gasteiger partial charge >= 0.3 is 191 Å². The van der Waals surface area contributed by atoms with Gasteiger partial charge < -0.3 is 0 Å². The summed E-state index contributed by atoms with van der Waals surface area (Å²) in [4.78, 5) is 19.9. The standard InChI is InChI=1S/C21H29IN2O2SeSi/c1-14(26-28(5,6)21(2,3)4)18-17-12-16(13-22)27-20(24(17)19(18)25)23-15-10-8-7-9-11-15/h7-11,13-14,17-18H,12H2,1-6H3/b16-13-,23-20?/t14-,17-,18-/m1/s1. The van der Waals surface area contributed by atoms with Crippen molar-refractivity contribution in [2.45, 2.75) is 64.4 Å². The number of rotatable bonds is 4. The molecule has 2 aliphatic heterocycles. The van der Waals surface area contributed by atoms with Gasteiger partial charge in [0.15, 0.2) is 0 Å². The molecule has 2 fully saturated rings. The first-order valence-corrected chi connectivity index (χ1v) is 15.5. The van der Waals surface area contributed by atoms with Crippen molar-refractivity contribution in [1.29, 1.82) is 0 Å². The molecule has 1 aromatic carbocycles. The number of carbonyl (C=O) groups excluding carboxylic acids is 1. The first-order chi connectivity index (χ1) is 13.0. The van der Waals surface area contributed by atoms with E-state index < -0.39 is 8.32 Å². The number of benzene rings is 1. The number of amides is 1. The molecule has 2 saturated heterocycles. The third kappa shape index (κ3) is 4.33. The zero-order valence-corrected chi connectivity index (χ0v) is 22.3. The minimum absolute atomic E-state index is 0.0614. The number of amidine groups is 1. The van der Waals surface area contributed by atoms with Crippen molar-refractivity contribution in [2.24, 2.45) is 10.9 Å². The van der Waals surface area contributed by atoms with Gasteiger partial charge in [-0.2, -0.15) is 0 Å². The second kappa shape index (κ2) is 8.34. The van der Waals surface area contributed by atoms with Crippen LogP contribution < -0.4 is 0 Å². The summed E-state index contributed by atoms with van der Waals surface area (Å²) < 4.78 is 11.1. The van der Waals surface area contributed by atoms with Crippen molar-refractivity contribution in [3.05, 3.63) is 38.9 Å². The van der Waals surface area contributed by atoms with E-state index >= 15 is 0 Å². The summed E-state index contributed by atoms with van der Waals surface area (Å²) in [7, 11) is -1.92. The second-order valence-corrected chi connectivity index (χ2v) is 16.7. The van der Waals surface area contributed by atoms with Crippen molar-refractivity contribution < 1.29 is 9.22 Å². The van der Waals surface area contributed by atoms with E-state index in [-0.39, 0.29) is 44.0 Å². The van der Waals surface area contributed by atoms with Crippen LogP contribution in [0.5, 0.6) is 0 Å². The van der Waals surface area contributed by atoms with Crippen molar-refractivity contribution in [3.8, 4) is 0 Å². The maximum atomic E-state index is 13.1. The van der Waals surface area contributed by atoms with E-state index in [1.165, 1.54) is 4.47 Å². The number of β-lactam (4-membered cyclic amide) rings is 1. The molecule has 7 heteroatoms. The summed E-state index contributed by atoms with van der Waals surface area (Å²) in [5.74, 6) is 0.109. The van der Waals surface area contributed by atoms with Gasteiger partial charge in [-0.15, -0.1) is 0 Å². The maximum absolute atomic E-state index is 13.1. The Labute approximate surface area is 189 Å². The van der Waals surface area contributed by atoms with Crippen LogP contribution in [0, 0.1) is 5.92 Å². The number of aliphatic imine (C=N–C) groups is 1. The predicted molar refractivity (Wildman–Crippen MR) is 128 cm³/mol. The van der Waals surface area contributed by atoms with Gasteiger partial charge in [-0.05, 0) is 0 Å². The third-order valence-corrected chi connectivity index (χ3v) is 14.4. The van der Waals surface area contributed by atoms with Crippen LogP contribution in [0.3, 0.4) is 0 Å². The molecular formula is C21H29IN2O2SeSi. The van der Waals surface area contributed by atoms with Crippen LogP contribution in [-0.2, 0) is 9.22 Å². The van der Waals surface area contributed by atoms with E-state index in [4.69, 9.17) is 9.42 Å². The average molecular weight is 575 g/mol. The van der Waals surface area contributed by atoms with Gasteiger partial charge in [0.25, 0.3) is 0 Å². The van der Waals surface area contributed by atoms with Crippen LogP contribution in [0.25, 0.3) is 0 Å². The Balaban J connectivity index is 1.84. The Morgan fingerprint density at radius 1 is 1.32 bits per heavy atom. The fraction of sp³-hybridized carbons (Fsp3) is 0.524. The molecule has 3 rings (SSSR count). The van der Waals surface area contributed by atoms with Crippen LogP contribution in [0.15, 0.2) is 43.9 Å². The predicted octanol–water partition coefficient (Wildman–Crippen LogP) is 5.30. The summed E-state index contributed by atoms with van der Waals surface area (Å²) in [6.07, 6.45) is 0.881. The zero-order chi connectivity index (χ0) is 20.7. The van der Waals surface area contributed by atoms with Gasteiger partial charge in [-0.25, -0.2) is 0 Å². The van der Waals surface area contributed by atoms with Crippen LogP contribution >= 0.6 is 22.6 Å². The molecule has 0 bridgehead atoms. The third-order valence-electron chi connectivity index (χ3n) is 6.00. The molecule has 3 atom stereocenters. The molecule has 0 N–H and O–H groups in total. The van der Waals surface area contributed by atoms with Crippen LogP contribution in [0.1, 0.15) is 34.1 Å². The van der Waals surface area contributed by atoms with Crippen molar-refractivity contribution in [3.63, 3.8) is 0 Å². The number of hydrogen-bond acceptors (Lipinski definition) is 3. The molecule has 0 aliphatic carbocycles. The SMILES string of the molecule is C[C@@H](O[Si](C)(C)C(C)(C)C)[C@H]1C(=O)N2C(=Nc3ccccc3)[Se]/C(=C\I)C[C@H]12. The number of carbonyl (C=O) groups is 1. The molecule has 1 aromatic rings. The summed E-state index contributed by atoms with van der Waals surface area (Å²) in [5.41, 5.74) is 0.912. The molecular weight excluding hydrogens is 546 g/mol. The number of fused-ring (bicyclic) bond motifs is 1. The normalized spacial score (nSPS) is 27.0. The van der Waals surface area contributed by atoms with Gasteiger partial charge in [-0.3, -0.25) is 0 Å². The number of halogens is 1. The number of hydrogen-bond donors (Lipinski definition) is 0. The molecule has 28 heavy (non-hydrogen) atoms. The molecule has 0 radical (unpaired) electrons. The fourth-order valence-electron chi connectivity index (χ4n) is 3.42. The van der Waals surface area contributed by atoms with E-state index in [2.05, 4.69) is 67.5 Å². The van der Waals surface area contributed by atoms with Crippen LogP contribution in [0.2, 0.25) is 18.1 Å².